The van der Waals surface area contributed by atoms with Crippen molar-refractivity contribution in [3.8, 4) is 23.0 Å². The molecule has 0 atom stereocenters. The van der Waals surface area contributed by atoms with Crippen molar-refractivity contribution >= 4 is 17.9 Å². The molecule has 1 aliphatic heterocycles. The first kappa shape index (κ1) is 25.8. The average molecular weight is 495 g/mol. The number of rotatable bonds is 8. The minimum absolute atomic E-state index is 0.0250. The zero-order valence-electron chi connectivity index (χ0n) is 21.6. The third kappa shape index (κ3) is 5.60. The summed E-state index contributed by atoms with van der Waals surface area (Å²) in [4.78, 5) is 27.6. The molecule has 0 N–H and O–H groups in total. The number of carbonyl (C=O) groups excluding carboxylic acids is 2. The van der Waals surface area contributed by atoms with Crippen molar-refractivity contribution in [2.75, 3.05) is 13.2 Å². The van der Waals surface area contributed by atoms with E-state index >= 15 is 0 Å². The Balaban J connectivity index is 1.79. The van der Waals surface area contributed by atoms with Crippen LogP contribution in [-0.4, -0.2) is 45.8 Å². The zero-order chi connectivity index (χ0) is 26.5. The number of hydrogen-bond donors (Lipinski definition) is 0. The quantitative estimate of drug-likeness (QED) is 0.242. The molecule has 0 aliphatic carbocycles. The highest BCUT2D eigenvalue weighted by molar-refractivity contribution is 6.19. The smallest absolute Gasteiger partial charge is 0.271 e. The van der Waals surface area contributed by atoms with Gasteiger partial charge >= 0.3 is 0 Å². The number of nitriles is 1. The highest BCUT2D eigenvalue weighted by Gasteiger charge is 2.35. The summed E-state index contributed by atoms with van der Waals surface area (Å²) in [6, 6.07) is 19.7. The van der Waals surface area contributed by atoms with E-state index in [1.807, 2.05) is 87.6 Å². The summed E-state index contributed by atoms with van der Waals surface area (Å²) in [5, 5.41) is 14.6. The largest absolute Gasteiger partial charge is 0.379 e. The number of hydrogen-bond acceptors (Lipinski definition) is 5. The predicted octanol–water partition coefficient (Wildman–Crippen LogP) is 5.26. The van der Waals surface area contributed by atoms with Gasteiger partial charge in [0.2, 0.25) is 0 Å². The molecule has 0 bridgehead atoms. The minimum atomic E-state index is -0.564. The Morgan fingerprint density at radius 1 is 1.03 bits per heavy atom. The molecule has 188 valence electrons. The van der Waals surface area contributed by atoms with Crippen molar-refractivity contribution in [1.82, 2.24) is 14.7 Å². The van der Waals surface area contributed by atoms with Crippen molar-refractivity contribution in [3.05, 3.63) is 88.6 Å². The summed E-state index contributed by atoms with van der Waals surface area (Å²) in [6.45, 7) is 8.12. The van der Waals surface area contributed by atoms with E-state index in [1.54, 1.807) is 17.7 Å². The molecular formula is C30H30N4O3. The van der Waals surface area contributed by atoms with Crippen LogP contribution in [0.1, 0.15) is 38.3 Å². The van der Waals surface area contributed by atoms with Gasteiger partial charge in [0.1, 0.15) is 11.6 Å². The molecule has 0 fully saturated rings. The van der Waals surface area contributed by atoms with Gasteiger partial charge in [-0.1, -0.05) is 48.0 Å². The van der Waals surface area contributed by atoms with Gasteiger partial charge in [-0.15, -0.1) is 0 Å². The summed E-state index contributed by atoms with van der Waals surface area (Å²) in [7, 11) is 0. The van der Waals surface area contributed by atoms with Crippen LogP contribution >= 0.6 is 0 Å². The molecule has 2 heterocycles. The van der Waals surface area contributed by atoms with E-state index in [4.69, 9.17) is 9.84 Å². The second-order valence-corrected chi connectivity index (χ2v) is 9.28. The van der Waals surface area contributed by atoms with E-state index < -0.39 is 11.8 Å². The molecule has 3 aromatic rings. The number of aromatic nitrogens is 2. The monoisotopic (exact) mass is 494 g/mol. The number of amides is 2. The summed E-state index contributed by atoms with van der Waals surface area (Å²) >= 11 is 0. The van der Waals surface area contributed by atoms with E-state index in [0.29, 0.717) is 35.4 Å². The van der Waals surface area contributed by atoms with Crippen LogP contribution in [0, 0.1) is 18.3 Å². The Morgan fingerprint density at radius 2 is 1.73 bits per heavy atom. The molecule has 37 heavy (non-hydrogen) atoms. The van der Waals surface area contributed by atoms with Crippen LogP contribution in [0.3, 0.4) is 0 Å². The Labute approximate surface area is 217 Å². The molecule has 0 radical (unpaired) electrons. The fourth-order valence-electron chi connectivity index (χ4n) is 4.17. The number of imide groups is 1. The first-order valence-corrected chi connectivity index (χ1v) is 12.3. The second kappa shape index (κ2) is 11.2. The maximum Gasteiger partial charge on any atom is 0.271 e. The van der Waals surface area contributed by atoms with Gasteiger partial charge in [-0.3, -0.25) is 14.5 Å². The topological polar surface area (TPSA) is 88.2 Å². The lowest BCUT2D eigenvalue weighted by Crippen LogP contribution is -2.43. The maximum absolute atomic E-state index is 13.5. The van der Waals surface area contributed by atoms with E-state index in [2.05, 4.69) is 0 Å². The lowest BCUT2D eigenvalue weighted by Gasteiger charge is -2.27. The first-order valence-electron chi connectivity index (χ1n) is 12.3. The molecule has 1 aromatic heterocycles. The predicted molar refractivity (Wildman–Crippen MR) is 142 cm³/mol. The SMILES string of the molecule is CC1=C(C#N)C(=O)N(CCCOC(C)C)C(=O)/C1=C/c1cn(-c2ccccc2)nc1-c1ccc(C)cc1. The van der Waals surface area contributed by atoms with Gasteiger partial charge in [0, 0.05) is 36.0 Å². The summed E-state index contributed by atoms with van der Waals surface area (Å²) < 4.78 is 7.34. The van der Waals surface area contributed by atoms with Gasteiger partial charge in [0.25, 0.3) is 11.8 Å². The Bertz CT molecular complexity index is 1410. The Hall–Kier alpha value is -4.28. The van der Waals surface area contributed by atoms with Gasteiger partial charge in [0.05, 0.1) is 17.5 Å². The van der Waals surface area contributed by atoms with Gasteiger partial charge < -0.3 is 4.74 Å². The number of nitrogens with zero attached hydrogens (tertiary/aromatic N) is 4. The van der Waals surface area contributed by atoms with Crippen LogP contribution in [0.2, 0.25) is 0 Å². The van der Waals surface area contributed by atoms with Crippen molar-refractivity contribution in [1.29, 1.82) is 5.26 Å². The zero-order valence-corrected chi connectivity index (χ0v) is 21.6. The normalized spacial score (nSPS) is 15.1. The van der Waals surface area contributed by atoms with Gasteiger partial charge in [-0.05, 0) is 57.9 Å². The molecule has 7 nitrogen and oxygen atoms in total. The van der Waals surface area contributed by atoms with Gasteiger partial charge in [-0.25, -0.2) is 4.68 Å². The molecule has 0 saturated heterocycles. The van der Waals surface area contributed by atoms with Crippen molar-refractivity contribution in [3.63, 3.8) is 0 Å². The number of para-hydroxylation sites is 1. The molecular weight excluding hydrogens is 464 g/mol. The van der Waals surface area contributed by atoms with Crippen LogP contribution in [0.15, 0.2) is 77.5 Å². The molecule has 0 saturated carbocycles. The number of benzene rings is 2. The van der Waals surface area contributed by atoms with Crippen LogP contribution < -0.4 is 0 Å². The van der Waals surface area contributed by atoms with Gasteiger partial charge in [-0.2, -0.15) is 10.4 Å². The first-order chi connectivity index (χ1) is 17.8. The molecule has 2 amide bonds. The van der Waals surface area contributed by atoms with Crippen molar-refractivity contribution in [2.45, 2.75) is 40.2 Å². The Kier molecular flexibility index (Phi) is 7.80. The highest BCUT2D eigenvalue weighted by Crippen LogP contribution is 2.31. The summed E-state index contributed by atoms with van der Waals surface area (Å²) in [5.74, 6) is -0.987. The Morgan fingerprint density at radius 3 is 2.38 bits per heavy atom. The lowest BCUT2D eigenvalue weighted by atomic mass is 9.93. The van der Waals surface area contributed by atoms with Crippen LogP contribution in [0.5, 0.6) is 0 Å². The van der Waals surface area contributed by atoms with E-state index in [9.17, 15) is 14.9 Å². The van der Waals surface area contributed by atoms with Gasteiger partial charge in [0.15, 0.2) is 0 Å². The third-order valence-corrected chi connectivity index (χ3v) is 6.19. The maximum atomic E-state index is 13.5. The summed E-state index contributed by atoms with van der Waals surface area (Å²) in [5.41, 5.74) is 4.97. The van der Waals surface area contributed by atoms with Crippen LogP contribution in [-0.2, 0) is 14.3 Å². The average Bonchev–Trinajstić information content (AvgIpc) is 3.31. The second-order valence-electron chi connectivity index (χ2n) is 9.28. The van der Waals surface area contributed by atoms with Crippen LogP contribution in [0.4, 0.5) is 0 Å². The molecule has 4 rings (SSSR count). The highest BCUT2D eigenvalue weighted by atomic mass is 16.5. The van der Waals surface area contributed by atoms with Crippen molar-refractivity contribution < 1.29 is 14.3 Å². The number of aryl methyl sites for hydroxylation is 1. The molecule has 1 aliphatic rings. The molecule has 2 aromatic carbocycles. The standard InChI is InChI=1S/C30H30N4O3/c1-20(2)37-16-8-15-33-29(35)26(22(4)27(18-31)30(33)36)17-24-19-34(25-9-6-5-7-10-25)32-28(24)23-13-11-21(3)12-14-23/h5-7,9-14,17,19-20H,8,15-16H2,1-4H3/b26-17+. The third-order valence-electron chi connectivity index (χ3n) is 6.19. The minimum Gasteiger partial charge on any atom is -0.379 e. The van der Waals surface area contributed by atoms with E-state index in [0.717, 1.165) is 21.7 Å². The lowest BCUT2D eigenvalue weighted by molar-refractivity contribution is -0.140. The fourth-order valence-corrected chi connectivity index (χ4v) is 4.17. The fraction of sp³-hybridized carbons (Fsp3) is 0.267. The van der Waals surface area contributed by atoms with E-state index in [-0.39, 0.29) is 18.2 Å². The summed E-state index contributed by atoms with van der Waals surface area (Å²) in [6.07, 6.45) is 4.14. The number of ether oxygens (including phenoxy) is 1. The van der Waals surface area contributed by atoms with E-state index in [1.165, 1.54) is 0 Å². The molecule has 0 unspecified atom stereocenters. The molecule has 0 spiro atoms. The van der Waals surface area contributed by atoms with Crippen molar-refractivity contribution in [2.24, 2.45) is 0 Å². The van der Waals surface area contributed by atoms with Crippen LogP contribution in [0.25, 0.3) is 23.0 Å². The molecule has 7 heteroatoms. The number of carbonyl (C=O) groups is 2.